The Bertz CT molecular complexity index is 1040. The molecule has 136 valence electrons. The highest BCUT2D eigenvalue weighted by molar-refractivity contribution is 7.91. The molecule has 0 N–H and O–H groups in total. The van der Waals surface area contributed by atoms with Crippen LogP contribution in [0.15, 0.2) is 36.0 Å². The standard InChI is InChI=1S/C18H20N4O2S2/c1-13-4-3-5-14(8-13)17-20-16(9-15-10-19-12-25-15)22(21-17)18(2)6-7-26(23,24)11-18/h3-5,8,10,12H,6-7,9,11H2,1-2H3. The van der Waals surface area contributed by atoms with Gasteiger partial charge in [0.1, 0.15) is 5.82 Å². The zero-order valence-corrected chi connectivity index (χ0v) is 16.3. The summed E-state index contributed by atoms with van der Waals surface area (Å²) in [5.74, 6) is 1.72. The van der Waals surface area contributed by atoms with Crippen LogP contribution in [0, 0.1) is 6.92 Å². The maximum absolute atomic E-state index is 12.1. The van der Waals surface area contributed by atoms with Gasteiger partial charge in [0.15, 0.2) is 15.7 Å². The quantitative estimate of drug-likeness (QED) is 0.687. The normalized spacial score (nSPS) is 21.9. The average molecular weight is 389 g/mol. The molecule has 4 rings (SSSR count). The summed E-state index contributed by atoms with van der Waals surface area (Å²) in [4.78, 5) is 9.98. The molecule has 2 aromatic heterocycles. The van der Waals surface area contributed by atoms with Gasteiger partial charge in [-0.2, -0.15) is 5.10 Å². The van der Waals surface area contributed by atoms with Gasteiger partial charge in [0, 0.05) is 23.1 Å². The van der Waals surface area contributed by atoms with E-state index in [0.717, 1.165) is 21.8 Å². The van der Waals surface area contributed by atoms with Gasteiger partial charge in [-0.05, 0) is 26.3 Å². The zero-order valence-electron chi connectivity index (χ0n) is 14.7. The maximum Gasteiger partial charge on any atom is 0.181 e. The molecular weight excluding hydrogens is 368 g/mol. The Balaban J connectivity index is 1.80. The van der Waals surface area contributed by atoms with Gasteiger partial charge in [0.25, 0.3) is 0 Å². The third kappa shape index (κ3) is 3.31. The van der Waals surface area contributed by atoms with Crippen LogP contribution in [0.1, 0.15) is 29.6 Å². The van der Waals surface area contributed by atoms with Crippen LogP contribution >= 0.6 is 11.3 Å². The highest BCUT2D eigenvalue weighted by Gasteiger charge is 2.42. The lowest BCUT2D eigenvalue weighted by Crippen LogP contribution is -2.34. The molecule has 26 heavy (non-hydrogen) atoms. The molecule has 1 saturated heterocycles. The number of aryl methyl sites for hydroxylation is 1. The molecular formula is C18H20N4O2S2. The van der Waals surface area contributed by atoms with Crippen molar-refractivity contribution >= 4 is 21.2 Å². The smallest absolute Gasteiger partial charge is 0.181 e. The number of hydrogen-bond donors (Lipinski definition) is 0. The Morgan fingerprint density at radius 2 is 2.19 bits per heavy atom. The largest absolute Gasteiger partial charge is 0.253 e. The molecule has 1 aliphatic heterocycles. The number of benzene rings is 1. The Morgan fingerprint density at radius 1 is 1.35 bits per heavy atom. The molecule has 1 aromatic carbocycles. The maximum atomic E-state index is 12.1. The van der Waals surface area contributed by atoms with Crippen LogP contribution in [0.3, 0.4) is 0 Å². The highest BCUT2D eigenvalue weighted by atomic mass is 32.2. The van der Waals surface area contributed by atoms with E-state index < -0.39 is 15.4 Å². The molecule has 0 spiro atoms. The molecule has 0 bridgehead atoms. The van der Waals surface area contributed by atoms with Gasteiger partial charge in [0.2, 0.25) is 0 Å². The minimum absolute atomic E-state index is 0.103. The van der Waals surface area contributed by atoms with E-state index in [0.29, 0.717) is 18.7 Å². The molecule has 8 heteroatoms. The second kappa shape index (κ2) is 6.28. The van der Waals surface area contributed by atoms with Gasteiger partial charge in [-0.3, -0.25) is 4.98 Å². The fraction of sp³-hybridized carbons (Fsp3) is 0.389. The lowest BCUT2D eigenvalue weighted by Gasteiger charge is -2.24. The first-order valence-electron chi connectivity index (χ1n) is 8.46. The second-order valence-electron chi connectivity index (χ2n) is 7.12. The molecule has 3 aromatic rings. The van der Waals surface area contributed by atoms with E-state index in [1.807, 2.05) is 49.0 Å². The van der Waals surface area contributed by atoms with Gasteiger partial charge >= 0.3 is 0 Å². The van der Waals surface area contributed by atoms with Gasteiger partial charge in [-0.15, -0.1) is 11.3 Å². The number of sulfone groups is 1. The second-order valence-corrected chi connectivity index (χ2v) is 10.3. The molecule has 6 nitrogen and oxygen atoms in total. The minimum Gasteiger partial charge on any atom is -0.253 e. The number of thiazole rings is 1. The number of hydrogen-bond acceptors (Lipinski definition) is 6. The van der Waals surface area contributed by atoms with E-state index in [1.54, 1.807) is 16.8 Å². The van der Waals surface area contributed by atoms with Gasteiger partial charge in [-0.25, -0.2) is 18.1 Å². The van der Waals surface area contributed by atoms with E-state index in [4.69, 9.17) is 10.1 Å². The minimum atomic E-state index is -3.04. The lowest BCUT2D eigenvalue weighted by molar-refractivity contribution is 0.318. The zero-order chi connectivity index (χ0) is 18.4. The third-order valence-corrected chi connectivity index (χ3v) is 7.43. The van der Waals surface area contributed by atoms with Gasteiger partial charge < -0.3 is 0 Å². The molecule has 1 aliphatic rings. The van der Waals surface area contributed by atoms with Crippen LogP contribution < -0.4 is 0 Å². The first kappa shape index (κ1) is 17.4. The van der Waals surface area contributed by atoms with Gasteiger partial charge in [0.05, 0.1) is 22.6 Å². The summed E-state index contributed by atoms with van der Waals surface area (Å²) in [6.07, 6.45) is 2.98. The fourth-order valence-corrected chi connectivity index (χ4v) is 6.14. The van der Waals surface area contributed by atoms with E-state index in [-0.39, 0.29) is 11.5 Å². The summed E-state index contributed by atoms with van der Waals surface area (Å²) < 4.78 is 26.0. The Hall–Kier alpha value is -2.06. The number of aromatic nitrogens is 4. The third-order valence-electron chi connectivity index (χ3n) is 4.76. The summed E-state index contributed by atoms with van der Waals surface area (Å²) in [5.41, 5.74) is 3.31. The fourth-order valence-electron chi connectivity index (χ4n) is 3.44. The van der Waals surface area contributed by atoms with Crippen molar-refractivity contribution in [3.63, 3.8) is 0 Å². The van der Waals surface area contributed by atoms with E-state index in [2.05, 4.69) is 4.98 Å². The summed E-state index contributed by atoms with van der Waals surface area (Å²) in [6.45, 7) is 3.99. The van der Waals surface area contributed by atoms with Crippen LogP contribution in [0.4, 0.5) is 0 Å². The first-order chi connectivity index (χ1) is 12.3. The summed E-state index contributed by atoms with van der Waals surface area (Å²) in [6, 6.07) is 8.04. The van der Waals surface area contributed by atoms with Crippen molar-refractivity contribution in [3.8, 4) is 11.4 Å². The van der Waals surface area contributed by atoms with Crippen molar-refractivity contribution in [2.45, 2.75) is 32.2 Å². The molecule has 1 atom stereocenters. The van der Waals surface area contributed by atoms with Crippen molar-refractivity contribution in [2.75, 3.05) is 11.5 Å². The van der Waals surface area contributed by atoms with E-state index in [1.165, 1.54) is 0 Å². The molecule has 3 heterocycles. The average Bonchev–Trinajstić information content (AvgIpc) is 3.28. The topological polar surface area (TPSA) is 77.7 Å². The molecule has 1 fully saturated rings. The molecule has 0 amide bonds. The molecule has 0 saturated carbocycles. The van der Waals surface area contributed by atoms with Crippen LogP contribution in [0.2, 0.25) is 0 Å². The van der Waals surface area contributed by atoms with Gasteiger partial charge in [-0.1, -0.05) is 23.8 Å². The van der Waals surface area contributed by atoms with Crippen LogP contribution in [0.25, 0.3) is 11.4 Å². The summed E-state index contributed by atoms with van der Waals surface area (Å²) in [7, 11) is -3.04. The molecule has 0 radical (unpaired) electrons. The SMILES string of the molecule is Cc1cccc(-c2nc(Cc3cncs3)n(C3(C)CCS(=O)(=O)C3)n2)c1. The van der Waals surface area contributed by atoms with Crippen molar-refractivity contribution < 1.29 is 8.42 Å². The number of nitrogens with zero attached hydrogens (tertiary/aromatic N) is 4. The predicted octanol–water partition coefficient (Wildman–Crippen LogP) is 2.83. The van der Waals surface area contributed by atoms with Crippen molar-refractivity contribution in [1.29, 1.82) is 0 Å². The van der Waals surface area contributed by atoms with Crippen LogP contribution in [-0.4, -0.2) is 39.7 Å². The Kier molecular flexibility index (Phi) is 4.19. The first-order valence-corrected chi connectivity index (χ1v) is 11.2. The molecule has 1 unspecified atom stereocenters. The lowest BCUT2D eigenvalue weighted by atomic mass is 10.0. The predicted molar refractivity (Wildman–Crippen MR) is 102 cm³/mol. The van der Waals surface area contributed by atoms with Crippen LogP contribution in [-0.2, 0) is 21.8 Å². The van der Waals surface area contributed by atoms with E-state index >= 15 is 0 Å². The molecule has 0 aliphatic carbocycles. The highest BCUT2D eigenvalue weighted by Crippen LogP contribution is 2.33. The number of rotatable bonds is 4. The van der Waals surface area contributed by atoms with Crippen molar-refractivity contribution in [2.24, 2.45) is 0 Å². The summed E-state index contributed by atoms with van der Waals surface area (Å²) in [5, 5.41) is 4.75. The van der Waals surface area contributed by atoms with E-state index in [9.17, 15) is 8.42 Å². The van der Waals surface area contributed by atoms with Crippen molar-refractivity contribution in [1.82, 2.24) is 19.7 Å². The van der Waals surface area contributed by atoms with Crippen molar-refractivity contribution in [3.05, 3.63) is 52.2 Å². The Morgan fingerprint density at radius 3 is 2.85 bits per heavy atom. The monoisotopic (exact) mass is 388 g/mol. The summed E-state index contributed by atoms with van der Waals surface area (Å²) >= 11 is 1.56. The van der Waals surface area contributed by atoms with Crippen LogP contribution in [0.5, 0.6) is 0 Å². The Labute approximate surface area is 156 Å².